The summed E-state index contributed by atoms with van der Waals surface area (Å²) < 4.78 is 4.90. The molecule has 0 saturated heterocycles. The molecule has 1 rings (SSSR count). The number of nitrogens with one attached hydrogen (secondary N) is 1. The maximum atomic E-state index is 11.5. The number of nitrogens with two attached hydrogens (primary N) is 1. The Bertz CT molecular complexity index is 496. The van der Waals surface area contributed by atoms with E-state index in [2.05, 4.69) is 5.32 Å². The van der Waals surface area contributed by atoms with Gasteiger partial charge in [-0.15, -0.1) is 0 Å². The lowest BCUT2D eigenvalue weighted by Crippen LogP contribution is -2.21. The molecule has 20 heavy (non-hydrogen) atoms. The Labute approximate surface area is 114 Å². The van der Waals surface area contributed by atoms with Crippen molar-refractivity contribution in [2.75, 3.05) is 25.1 Å². The number of benzene rings is 1. The van der Waals surface area contributed by atoms with Gasteiger partial charge in [0.1, 0.15) is 6.61 Å². The summed E-state index contributed by atoms with van der Waals surface area (Å²) in [7, 11) is 0. The molecule has 0 radical (unpaired) electrons. The minimum absolute atomic E-state index is 0.0728. The molecule has 0 heterocycles. The van der Waals surface area contributed by atoms with E-state index < -0.39 is 17.8 Å². The lowest BCUT2D eigenvalue weighted by Gasteiger charge is -2.08. The van der Waals surface area contributed by atoms with Gasteiger partial charge in [0.2, 0.25) is 5.91 Å². The first-order valence-corrected chi connectivity index (χ1v) is 5.63. The van der Waals surface area contributed by atoms with Crippen LogP contribution >= 0.6 is 0 Å². The van der Waals surface area contributed by atoms with E-state index in [1.54, 1.807) is 0 Å². The summed E-state index contributed by atoms with van der Waals surface area (Å²) in [5.74, 6) is -3.11. The van der Waals surface area contributed by atoms with Crippen LogP contribution in [0, 0.1) is 0 Å². The van der Waals surface area contributed by atoms with Crippen molar-refractivity contribution in [3.8, 4) is 0 Å². The molecule has 1 amide bonds. The molecule has 0 bridgehead atoms. The largest absolute Gasteiger partial charge is 0.478 e. The Morgan fingerprint density at radius 2 is 1.65 bits per heavy atom. The highest BCUT2D eigenvalue weighted by Crippen LogP contribution is 2.15. The molecule has 0 aliphatic heterocycles. The zero-order valence-corrected chi connectivity index (χ0v) is 10.5. The second-order valence-corrected chi connectivity index (χ2v) is 3.80. The number of carbonyl (C=O) groups excluding carboxylic acids is 1. The van der Waals surface area contributed by atoms with Crippen molar-refractivity contribution < 1.29 is 29.3 Å². The predicted molar refractivity (Wildman–Crippen MR) is 68.9 cm³/mol. The van der Waals surface area contributed by atoms with E-state index in [-0.39, 0.29) is 36.6 Å². The highest BCUT2D eigenvalue weighted by molar-refractivity contribution is 5.98. The lowest BCUT2D eigenvalue weighted by atomic mass is 10.1. The van der Waals surface area contributed by atoms with Crippen LogP contribution in [0.1, 0.15) is 20.7 Å². The summed E-state index contributed by atoms with van der Waals surface area (Å²) in [6, 6.07) is 3.33. The Morgan fingerprint density at radius 3 is 2.10 bits per heavy atom. The van der Waals surface area contributed by atoms with Gasteiger partial charge in [0, 0.05) is 12.2 Å². The van der Waals surface area contributed by atoms with Crippen molar-refractivity contribution in [3.63, 3.8) is 0 Å². The van der Waals surface area contributed by atoms with Crippen molar-refractivity contribution >= 4 is 23.5 Å². The first-order valence-electron chi connectivity index (χ1n) is 5.63. The van der Waals surface area contributed by atoms with Crippen LogP contribution < -0.4 is 11.1 Å². The third-order valence-corrected chi connectivity index (χ3v) is 2.21. The van der Waals surface area contributed by atoms with Gasteiger partial charge in [0.15, 0.2) is 0 Å². The predicted octanol–water partition coefficient (Wildman–Crippen LogP) is -0.00320. The number of amides is 1. The van der Waals surface area contributed by atoms with Crippen LogP contribution in [0.5, 0.6) is 0 Å². The second-order valence-electron chi connectivity index (χ2n) is 3.80. The molecule has 0 aromatic heterocycles. The maximum absolute atomic E-state index is 11.5. The molecule has 0 unspecified atom stereocenters. The van der Waals surface area contributed by atoms with Crippen LogP contribution in [0.15, 0.2) is 18.2 Å². The van der Waals surface area contributed by atoms with Crippen molar-refractivity contribution in [1.82, 2.24) is 0 Å². The van der Waals surface area contributed by atoms with Gasteiger partial charge < -0.3 is 26.0 Å². The SMILES string of the molecule is NCCOCC(=O)Nc1cc(C(=O)O)cc(C(=O)O)c1. The zero-order chi connectivity index (χ0) is 15.1. The Kier molecular flexibility index (Phi) is 5.63. The summed E-state index contributed by atoms with van der Waals surface area (Å²) in [6.45, 7) is 0.227. The van der Waals surface area contributed by atoms with E-state index in [1.807, 2.05) is 0 Å². The van der Waals surface area contributed by atoms with E-state index >= 15 is 0 Å². The molecular formula is C12H14N2O6. The number of ether oxygens (including phenoxy) is 1. The third kappa shape index (κ3) is 4.67. The van der Waals surface area contributed by atoms with Crippen LogP contribution in [0.3, 0.4) is 0 Å². The summed E-state index contributed by atoms with van der Waals surface area (Å²) >= 11 is 0. The molecule has 108 valence electrons. The number of hydrogen-bond acceptors (Lipinski definition) is 5. The summed E-state index contributed by atoms with van der Waals surface area (Å²) in [4.78, 5) is 33.2. The van der Waals surface area contributed by atoms with Crippen molar-refractivity contribution in [1.29, 1.82) is 0 Å². The number of carbonyl (C=O) groups is 3. The van der Waals surface area contributed by atoms with Gasteiger partial charge in [-0.3, -0.25) is 4.79 Å². The minimum atomic E-state index is -1.29. The smallest absolute Gasteiger partial charge is 0.335 e. The van der Waals surface area contributed by atoms with Crippen LogP contribution in [-0.4, -0.2) is 47.8 Å². The number of carboxylic acid groups (broad SMARTS) is 2. The number of rotatable bonds is 7. The molecule has 0 spiro atoms. The quantitative estimate of drug-likeness (QED) is 0.516. The summed E-state index contributed by atoms with van der Waals surface area (Å²) in [6.07, 6.45) is 0. The fourth-order valence-corrected chi connectivity index (χ4v) is 1.39. The van der Waals surface area contributed by atoms with Gasteiger partial charge in [-0.05, 0) is 18.2 Å². The normalized spacial score (nSPS) is 10.1. The van der Waals surface area contributed by atoms with Crippen LogP contribution in [0.25, 0.3) is 0 Å². The molecule has 0 aliphatic carbocycles. The third-order valence-electron chi connectivity index (χ3n) is 2.21. The van der Waals surface area contributed by atoms with Crippen LogP contribution in [0.4, 0.5) is 5.69 Å². The Morgan fingerprint density at radius 1 is 1.10 bits per heavy atom. The first-order chi connectivity index (χ1) is 9.43. The molecule has 8 heteroatoms. The van der Waals surface area contributed by atoms with Crippen LogP contribution in [0.2, 0.25) is 0 Å². The maximum Gasteiger partial charge on any atom is 0.335 e. The van der Waals surface area contributed by atoms with E-state index in [1.165, 1.54) is 0 Å². The van der Waals surface area contributed by atoms with Crippen molar-refractivity contribution in [2.45, 2.75) is 0 Å². The van der Waals surface area contributed by atoms with Gasteiger partial charge in [-0.25, -0.2) is 9.59 Å². The molecular weight excluding hydrogens is 268 g/mol. The van der Waals surface area contributed by atoms with Crippen LogP contribution in [-0.2, 0) is 9.53 Å². The van der Waals surface area contributed by atoms with Gasteiger partial charge >= 0.3 is 11.9 Å². The number of anilines is 1. The fraction of sp³-hybridized carbons (Fsp3) is 0.250. The molecule has 1 aromatic carbocycles. The number of hydrogen-bond donors (Lipinski definition) is 4. The van der Waals surface area contributed by atoms with Crippen molar-refractivity contribution in [3.05, 3.63) is 29.3 Å². The highest BCUT2D eigenvalue weighted by Gasteiger charge is 2.12. The second kappa shape index (κ2) is 7.22. The molecule has 0 saturated carbocycles. The van der Waals surface area contributed by atoms with Crippen molar-refractivity contribution in [2.24, 2.45) is 5.73 Å². The number of aromatic carboxylic acids is 2. The lowest BCUT2D eigenvalue weighted by molar-refractivity contribution is -0.120. The average molecular weight is 282 g/mol. The average Bonchev–Trinajstić information content (AvgIpc) is 2.38. The number of carboxylic acids is 2. The van der Waals surface area contributed by atoms with Gasteiger partial charge in [0.25, 0.3) is 0 Å². The molecule has 1 aromatic rings. The molecule has 8 nitrogen and oxygen atoms in total. The first kappa shape index (κ1) is 15.6. The Balaban J connectivity index is 2.86. The van der Waals surface area contributed by atoms with E-state index in [0.29, 0.717) is 0 Å². The topological polar surface area (TPSA) is 139 Å². The molecule has 0 aliphatic rings. The highest BCUT2D eigenvalue weighted by atomic mass is 16.5. The standard InChI is InChI=1S/C12H14N2O6/c13-1-2-20-6-10(15)14-9-4-7(11(16)17)3-8(5-9)12(18)19/h3-5H,1-2,6,13H2,(H,14,15)(H,16,17)(H,18,19). The fourth-order valence-electron chi connectivity index (χ4n) is 1.39. The van der Waals surface area contributed by atoms with E-state index in [9.17, 15) is 14.4 Å². The summed E-state index contributed by atoms with van der Waals surface area (Å²) in [5.41, 5.74) is 4.79. The minimum Gasteiger partial charge on any atom is -0.478 e. The van der Waals surface area contributed by atoms with Gasteiger partial charge in [0.05, 0.1) is 17.7 Å². The van der Waals surface area contributed by atoms with Gasteiger partial charge in [-0.2, -0.15) is 0 Å². The molecule has 5 N–H and O–H groups in total. The van der Waals surface area contributed by atoms with E-state index in [0.717, 1.165) is 18.2 Å². The van der Waals surface area contributed by atoms with E-state index in [4.69, 9.17) is 20.7 Å². The monoisotopic (exact) mass is 282 g/mol. The molecule has 0 fully saturated rings. The van der Waals surface area contributed by atoms with Gasteiger partial charge in [-0.1, -0.05) is 0 Å². The Hall–Kier alpha value is -2.45. The molecule has 0 atom stereocenters. The summed E-state index contributed by atoms with van der Waals surface area (Å²) in [5, 5.41) is 20.1. The zero-order valence-electron chi connectivity index (χ0n) is 10.5.